The Morgan fingerprint density at radius 3 is 2.57 bits per heavy atom. The summed E-state index contributed by atoms with van der Waals surface area (Å²) in [5.41, 5.74) is 1.16. The molecule has 0 unspecified atom stereocenters. The molecule has 2 heterocycles. The molecular weight excluding hydrogens is 390 g/mol. The first-order chi connectivity index (χ1) is 14.7. The fourth-order valence-corrected chi connectivity index (χ4v) is 5.09. The molecule has 1 aromatic heterocycles. The van der Waals surface area contributed by atoms with E-state index < -0.39 is 0 Å². The van der Waals surface area contributed by atoms with Gasteiger partial charge in [-0.15, -0.1) is 11.8 Å². The minimum absolute atomic E-state index is 0.287. The number of hydrogen-bond acceptors (Lipinski definition) is 4. The molecule has 30 heavy (non-hydrogen) atoms. The molecule has 6 heteroatoms. The van der Waals surface area contributed by atoms with Crippen molar-refractivity contribution in [2.45, 2.75) is 54.8 Å². The van der Waals surface area contributed by atoms with Crippen LogP contribution in [0.3, 0.4) is 0 Å². The van der Waals surface area contributed by atoms with E-state index in [4.69, 9.17) is 4.99 Å². The van der Waals surface area contributed by atoms with Crippen LogP contribution in [-0.2, 0) is 6.54 Å². The number of rotatable bonds is 8. The lowest BCUT2D eigenvalue weighted by Crippen LogP contribution is -2.48. The van der Waals surface area contributed by atoms with Gasteiger partial charge in [0.15, 0.2) is 5.96 Å². The van der Waals surface area contributed by atoms with E-state index in [1.807, 2.05) is 24.0 Å². The molecule has 0 spiro atoms. The summed E-state index contributed by atoms with van der Waals surface area (Å²) < 4.78 is 0.287. The number of nitrogens with one attached hydrogen (secondary N) is 2. The second-order valence-electron chi connectivity index (χ2n) is 8.31. The van der Waals surface area contributed by atoms with E-state index in [1.54, 1.807) is 0 Å². The highest BCUT2D eigenvalue weighted by molar-refractivity contribution is 8.01. The van der Waals surface area contributed by atoms with Crippen LogP contribution >= 0.6 is 11.8 Å². The van der Waals surface area contributed by atoms with Crippen molar-refractivity contribution < 1.29 is 0 Å². The van der Waals surface area contributed by atoms with E-state index >= 15 is 0 Å². The number of thioether (sulfide) groups is 1. The first kappa shape index (κ1) is 21.2. The summed E-state index contributed by atoms with van der Waals surface area (Å²) in [4.78, 5) is 13.3. The van der Waals surface area contributed by atoms with Gasteiger partial charge in [-0.1, -0.05) is 24.3 Å². The van der Waals surface area contributed by atoms with Crippen LogP contribution in [0.25, 0.3) is 0 Å². The average molecular weight is 424 g/mol. The molecule has 1 aromatic carbocycles. The Balaban J connectivity index is 1.26. The van der Waals surface area contributed by atoms with Gasteiger partial charge < -0.3 is 10.6 Å². The van der Waals surface area contributed by atoms with Crippen molar-refractivity contribution in [1.29, 1.82) is 0 Å². The molecule has 4 rings (SSSR count). The zero-order chi connectivity index (χ0) is 20.7. The molecule has 1 saturated carbocycles. The smallest absolute Gasteiger partial charge is 0.191 e. The fourth-order valence-electron chi connectivity index (χ4n) is 3.86. The number of aromatic nitrogens is 1. The maximum atomic E-state index is 4.97. The summed E-state index contributed by atoms with van der Waals surface area (Å²) >= 11 is 1.99. The second-order valence-corrected chi connectivity index (χ2v) is 9.85. The van der Waals surface area contributed by atoms with Crippen LogP contribution in [0, 0.1) is 0 Å². The molecule has 2 aliphatic rings. The molecule has 0 atom stereocenters. The standard InChI is InChI=1S/C24H33N5S/c1-2-25-23(27-19-24(13-14-24)30-22-9-4-3-5-10-22)28-20-11-16-29(17-12-20)18-21-8-6-7-15-26-21/h3-10,15,20H,2,11-14,16-19H2,1H3,(H2,25,27,28). The van der Waals surface area contributed by atoms with Crippen molar-refractivity contribution in [2.75, 3.05) is 26.2 Å². The quantitative estimate of drug-likeness (QED) is 0.498. The van der Waals surface area contributed by atoms with Gasteiger partial charge in [0, 0.05) is 48.1 Å². The van der Waals surface area contributed by atoms with Crippen molar-refractivity contribution in [1.82, 2.24) is 20.5 Å². The highest BCUT2D eigenvalue weighted by atomic mass is 32.2. The van der Waals surface area contributed by atoms with E-state index in [-0.39, 0.29) is 4.75 Å². The topological polar surface area (TPSA) is 52.6 Å². The number of aliphatic imine (C=N–C) groups is 1. The third-order valence-corrected chi connectivity index (χ3v) is 7.27. The number of guanidine groups is 1. The Kier molecular flexibility index (Phi) is 7.28. The lowest BCUT2D eigenvalue weighted by Gasteiger charge is -2.33. The first-order valence-corrected chi connectivity index (χ1v) is 12.0. The molecule has 0 amide bonds. The molecular formula is C24H33N5S. The van der Waals surface area contributed by atoms with Crippen LogP contribution in [0.5, 0.6) is 0 Å². The van der Waals surface area contributed by atoms with Gasteiger partial charge in [-0.2, -0.15) is 0 Å². The van der Waals surface area contributed by atoms with Crippen LogP contribution in [-0.4, -0.2) is 52.8 Å². The van der Waals surface area contributed by atoms with Crippen molar-refractivity contribution >= 4 is 17.7 Å². The van der Waals surface area contributed by atoms with Crippen molar-refractivity contribution in [3.63, 3.8) is 0 Å². The molecule has 2 N–H and O–H groups in total. The Hall–Kier alpha value is -2.05. The minimum atomic E-state index is 0.287. The lowest BCUT2D eigenvalue weighted by atomic mass is 10.0. The molecule has 1 aliphatic carbocycles. The lowest BCUT2D eigenvalue weighted by molar-refractivity contribution is 0.196. The maximum Gasteiger partial charge on any atom is 0.191 e. The van der Waals surface area contributed by atoms with Crippen LogP contribution in [0.2, 0.25) is 0 Å². The van der Waals surface area contributed by atoms with E-state index in [0.29, 0.717) is 6.04 Å². The van der Waals surface area contributed by atoms with E-state index in [2.05, 4.69) is 69.9 Å². The number of hydrogen-bond donors (Lipinski definition) is 2. The number of piperidine rings is 1. The Bertz CT molecular complexity index is 799. The largest absolute Gasteiger partial charge is 0.357 e. The molecule has 2 fully saturated rings. The van der Waals surface area contributed by atoms with Crippen LogP contribution in [0.15, 0.2) is 64.6 Å². The fraction of sp³-hybridized carbons (Fsp3) is 0.500. The van der Waals surface area contributed by atoms with Crippen molar-refractivity contribution in [3.05, 3.63) is 60.4 Å². The zero-order valence-electron chi connectivity index (χ0n) is 17.9. The molecule has 2 aromatic rings. The van der Waals surface area contributed by atoms with Gasteiger partial charge in [0.1, 0.15) is 0 Å². The molecule has 0 radical (unpaired) electrons. The molecule has 1 saturated heterocycles. The summed E-state index contributed by atoms with van der Waals surface area (Å²) in [6.45, 7) is 7.05. The van der Waals surface area contributed by atoms with Gasteiger partial charge >= 0.3 is 0 Å². The number of nitrogens with zero attached hydrogens (tertiary/aromatic N) is 3. The SMILES string of the molecule is CCNC(=NCC1(Sc2ccccc2)CC1)NC1CCN(Cc2ccccn2)CC1. The third-order valence-electron chi connectivity index (χ3n) is 5.79. The van der Waals surface area contributed by atoms with Gasteiger partial charge in [0.25, 0.3) is 0 Å². The van der Waals surface area contributed by atoms with Crippen LogP contribution < -0.4 is 10.6 Å². The monoisotopic (exact) mass is 423 g/mol. The number of pyridine rings is 1. The van der Waals surface area contributed by atoms with Crippen molar-refractivity contribution in [3.8, 4) is 0 Å². The summed E-state index contributed by atoms with van der Waals surface area (Å²) in [5.74, 6) is 0.973. The predicted octanol–water partition coefficient (Wildman–Crippen LogP) is 3.93. The van der Waals surface area contributed by atoms with Crippen molar-refractivity contribution in [2.24, 2.45) is 4.99 Å². The molecule has 0 bridgehead atoms. The number of benzene rings is 1. The van der Waals surface area contributed by atoms with E-state index in [0.717, 1.165) is 57.2 Å². The normalized spacial score (nSPS) is 19.4. The Morgan fingerprint density at radius 1 is 1.13 bits per heavy atom. The Morgan fingerprint density at radius 2 is 1.90 bits per heavy atom. The van der Waals surface area contributed by atoms with Gasteiger partial charge in [0.2, 0.25) is 0 Å². The average Bonchev–Trinajstić information content (AvgIpc) is 3.54. The Labute approximate surface area is 184 Å². The van der Waals surface area contributed by atoms with Gasteiger partial charge in [-0.3, -0.25) is 14.9 Å². The maximum absolute atomic E-state index is 4.97. The minimum Gasteiger partial charge on any atom is -0.357 e. The second kappa shape index (κ2) is 10.3. The van der Waals surface area contributed by atoms with Gasteiger partial charge in [-0.05, 0) is 56.9 Å². The molecule has 5 nitrogen and oxygen atoms in total. The highest BCUT2D eigenvalue weighted by Crippen LogP contribution is 2.51. The third kappa shape index (κ3) is 6.22. The van der Waals surface area contributed by atoms with Gasteiger partial charge in [0.05, 0.1) is 12.2 Å². The summed E-state index contributed by atoms with van der Waals surface area (Å²) in [6.07, 6.45) is 6.66. The summed E-state index contributed by atoms with van der Waals surface area (Å²) in [6, 6.07) is 17.4. The van der Waals surface area contributed by atoms with Gasteiger partial charge in [-0.25, -0.2) is 0 Å². The molecule has 1 aliphatic heterocycles. The first-order valence-electron chi connectivity index (χ1n) is 11.2. The highest BCUT2D eigenvalue weighted by Gasteiger charge is 2.43. The van der Waals surface area contributed by atoms with Crippen LogP contribution in [0.1, 0.15) is 38.3 Å². The van der Waals surface area contributed by atoms with Crippen LogP contribution in [0.4, 0.5) is 0 Å². The summed E-state index contributed by atoms with van der Waals surface area (Å²) in [7, 11) is 0. The van der Waals surface area contributed by atoms with E-state index in [9.17, 15) is 0 Å². The zero-order valence-corrected chi connectivity index (χ0v) is 18.7. The predicted molar refractivity (Wildman–Crippen MR) is 126 cm³/mol. The van der Waals surface area contributed by atoms with E-state index in [1.165, 1.54) is 17.7 Å². The molecule has 160 valence electrons. The summed E-state index contributed by atoms with van der Waals surface area (Å²) in [5, 5.41) is 7.14. The number of likely N-dealkylation sites (tertiary alicyclic amines) is 1.